The first-order valence-electron chi connectivity index (χ1n) is 5.42. The van der Waals surface area contributed by atoms with Crippen LogP contribution >= 0.6 is 0 Å². The fourth-order valence-electron chi connectivity index (χ4n) is 1.63. The Hall–Kier alpha value is -0.573. The molecule has 0 saturated carbocycles. The van der Waals surface area contributed by atoms with Crippen LogP contribution in [0.15, 0.2) is 29.2 Å². The van der Waals surface area contributed by atoms with Gasteiger partial charge in [-0.15, -0.1) is 0 Å². The highest BCUT2D eigenvalue weighted by Crippen LogP contribution is 2.17. The molecule has 1 N–H and O–H groups in total. The third kappa shape index (κ3) is 3.97. The molecule has 1 aromatic carbocycles. The van der Waals surface area contributed by atoms with Crippen molar-refractivity contribution in [1.29, 1.82) is 0 Å². The minimum absolute atomic E-state index is 0.396. The molecule has 1 aromatic rings. The van der Waals surface area contributed by atoms with Gasteiger partial charge in [0, 0.05) is 27.4 Å². The van der Waals surface area contributed by atoms with Crippen molar-refractivity contribution in [2.75, 3.05) is 21.3 Å². The molecule has 0 aliphatic rings. The van der Waals surface area contributed by atoms with E-state index in [2.05, 4.69) is 0 Å². The fourth-order valence-corrected chi connectivity index (χ4v) is 3.70. The van der Waals surface area contributed by atoms with Crippen LogP contribution in [0.1, 0.15) is 5.56 Å². The highest BCUT2D eigenvalue weighted by molar-refractivity contribution is 7.79. The molecule has 5 nitrogen and oxygen atoms in total. The predicted molar refractivity (Wildman–Crippen MR) is 70.8 cm³/mol. The zero-order valence-electron chi connectivity index (χ0n) is 10.7. The molecule has 1 rings (SSSR count). The summed E-state index contributed by atoms with van der Waals surface area (Å²) < 4.78 is 35.7. The summed E-state index contributed by atoms with van der Waals surface area (Å²) in [5.41, 5.74) is 1.05. The second kappa shape index (κ2) is 7.12. The lowest BCUT2D eigenvalue weighted by molar-refractivity contribution is 0.123. The van der Waals surface area contributed by atoms with E-state index in [9.17, 15) is 4.21 Å². The zero-order valence-corrected chi connectivity index (χ0v) is 12.5. The van der Waals surface area contributed by atoms with Gasteiger partial charge in [-0.05, 0) is 24.1 Å². The lowest BCUT2D eigenvalue weighted by Crippen LogP contribution is -2.43. The van der Waals surface area contributed by atoms with Gasteiger partial charge >= 0.3 is 8.80 Å². The van der Waals surface area contributed by atoms with Gasteiger partial charge in [0.25, 0.3) is 0 Å². The zero-order chi connectivity index (χ0) is 13.6. The third-order valence-corrected chi connectivity index (χ3v) is 6.18. The van der Waals surface area contributed by atoms with Crippen molar-refractivity contribution < 1.29 is 22.0 Å². The van der Waals surface area contributed by atoms with Crippen molar-refractivity contribution in [1.82, 2.24) is 0 Å². The van der Waals surface area contributed by atoms with Gasteiger partial charge in [0.1, 0.15) is 0 Å². The molecule has 0 aliphatic carbocycles. The first kappa shape index (κ1) is 15.5. The smallest absolute Gasteiger partial charge is 0.377 e. The summed E-state index contributed by atoms with van der Waals surface area (Å²) >= 11 is -1.93. The van der Waals surface area contributed by atoms with E-state index in [0.717, 1.165) is 12.0 Å². The van der Waals surface area contributed by atoms with Gasteiger partial charge in [0.05, 0.1) is 4.90 Å². The number of aryl methyl sites for hydroxylation is 1. The Labute approximate surface area is 111 Å². The molecule has 0 bridgehead atoms. The monoisotopic (exact) mass is 290 g/mol. The van der Waals surface area contributed by atoms with E-state index in [0.29, 0.717) is 10.9 Å². The lowest BCUT2D eigenvalue weighted by atomic mass is 10.2. The Kier molecular flexibility index (Phi) is 6.13. The second-order valence-corrected chi connectivity index (χ2v) is 7.75. The maximum atomic E-state index is 10.8. The summed E-state index contributed by atoms with van der Waals surface area (Å²) in [6.45, 7) is 0. The van der Waals surface area contributed by atoms with Gasteiger partial charge in [-0.1, -0.05) is 12.1 Å². The van der Waals surface area contributed by atoms with Crippen molar-refractivity contribution >= 4 is 19.9 Å². The van der Waals surface area contributed by atoms with Crippen LogP contribution in [0, 0.1) is 0 Å². The average molecular weight is 290 g/mol. The van der Waals surface area contributed by atoms with Crippen molar-refractivity contribution in [3.05, 3.63) is 29.8 Å². The molecule has 1 unspecified atom stereocenters. The molecule has 0 saturated heterocycles. The number of rotatable bonds is 7. The van der Waals surface area contributed by atoms with E-state index < -0.39 is 19.9 Å². The molecule has 1 atom stereocenters. The van der Waals surface area contributed by atoms with Gasteiger partial charge in [-0.2, -0.15) is 0 Å². The molecule has 0 radical (unpaired) electrons. The molecule has 7 heteroatoms. The molecule has 18 heavy (non-hydrogen) atoms. The van der Waals surface area contributed by atoms with Crippen LogP contribution in [0.2, 0.25) is 6.04 Å². The van der Waals surface area contributed by atoms with Crippen LogP contribution in [-0.4, -0.2) is 38.9 Å². The number of hydrogen-bond acceptors (Lipinski definition) is 4. The van der Waals surface area contributed by atoms with E-state index in [-0.39, 0.29) is 0 Å². The minimum Gasteiger partial charge on any atom is -0.377 e. The maximum absolute atomic E-state index is 10.8. The largest absolute Gasteiger partial charge is 0.500 e. The van der Waals surface area contributed by atoms with Crippen LogP contribution in [0.4, 0.5) is 0 Å². The molecular formula is C11H18O5SSi. The van der Waals surface area contributed by atoms with Crippen molar-refractivity contribution in [3.8, 4) is 0 Å². The van der Waals surface area contributed by atoms with Gasteiger partial charge < -0.3 is 17.8 Å². The topological polar surface area (TPSA) is 65.0 Å². The van der Waals surface area contributed by atoms with E-state index in [1.165, 1.54) is 0 Å². The summed E-state index contributed by atoms with van der Waals surface area (Å²) in [5, 5.41) is 0. The van der Waals surface area contributed by atoms with Crippen molar-refractivity contribution in [3.63, 3.8) is 0 Å². The van der Waals surface area contributed by atoms with Crippen molar-refractivity contribution in [2.45, 2.75) is 17.4 Å². The normalized spacial score (nSPS) is 13.6. The van der Waals surface area contributed by atoms with Crippen LogP contribution in [0.25, 0.3) is 0 Å². The number of benzene rings is 1. The molecule has 0 spiro atoms. The fraction of sp³-hybridized carbons (Fsp3) is 0.455. The summed E-state index contributed by atoms with van der Waals surface area (Å²) in [6, 6.07) is 7.59. The Morgan fingerprint density at radius 2 is 1.61 bits per heavy atom. The lowest BCUT2D eigenvalue weighted by Gasteiger charge is -2.24. The van der Waals surface area contributed by atoms with E-state index in [1.807, 2.05) is 12.1 Å². The molecule has 0 aromatic heterocycles. The van der Waals surface area contributed by atoms with Crippen molar-refractivity contribution in [2.24, 2.45) is 0 Å². The molecule has 0 amide bonds. The summed E-state index contributed by atoms with van der Waals surface area (Å²) in [5.74, 6) is 0. The van der Waals surface area contributed by atoms with Gasteiger partial charge in [0.15, 0.2) is 11.1 Å². The molecule has 102 valence electrons. The SMILES string of the molecule is CO[Si](CCc1ccc(S(=O)O)cc1)(OC)OC. The van der Waals surface area contributed by atoms with Crippen LogP contribution < -0.4 is 0 Å². The third-order valence-electron chi connectivity index (χ3n) is 2.78. The standard InChI is InChI=1S/C11H18O5SSi/c1-14-18(15-2,16-3)9-8-10-4-6-11(7-5-10)17(12)13/h4-7H,8-9H2,1-3H3,(H,12,13). The van der Waals surface area contributed by atoms with Crippen LogP contribution in [0.5, 0.6) is 0 Å². The van der Waals surface area contributed by atoms with Crippen LogP contribution in [-0.2, 0) is 30.8 Å². The van der Waals surface area contributed by atoms with E-state index >= 15 is 0 Å². The first-order chi connectivity index (χ1) is 8.56. The predicted octanol–water partition coefficient (Wildman–Crippen LogP) is 1.69. The highest BCUT2D eigenvalue weighted by Gasteiger charge is 2.37. The molecule has 0 heterocycles. The first-order valence-corrected chi connectivity index (χ1v) is 8.46. The molecule has 0 aliphatic heterocycles. The number of hydrogen-bond donors (Lipinski definition) is 1. The van der Waals surface area contributed by atoms with Gasteiger partial charge in [0.2, 0.25) is 0 Å². The van der Waals surface area contributed by atoms with Crippen LogP contribution in [0.3, 0.4) is 0 Å². The molecule has 0 fully saturated rings. The average Bonchev–Trinajstić information content (AvgIpc) is 2.41. The summed E-state index contributed by atoms with van der Waals surface area (Å²) in [7, 11) is 2.20. The Morgan fingerprint density at radius 3 is 2.00 bits per heavy atom. The minimum atomic E-state index is -2.54. The Bertz CT molecular complexity index is 383. The Balaban J connectivity index is 2.65. The van der Waals surface area contributed by atoms with E-state index in [1.54, 1.807) is 33.5 Å². The summed E-state index contributed by atoms with van der Waals surface area (Å²) in [6.07, 6.45) is 0.736. The maximum Gasteiger partial charge on any atom is 0.500 e. The molecular weight excluding hydrogens is 272 g/mol. The highest BCUT2D eigenvalue weighted by atomic mass is 32.2. The van der Waals surface area contributed by atoms with E-state index in [4.69, 9.17) is 17.8 Å². The Morgan fingerprint density at radius 1 is 1.11 bits per heavy atom. The quantitative estimate of drug-likeness (QED) is 0.611. The second-order valence-electron chi connectivity index (χ2n) is 3.69. The van der Waals surface area contributed by atoms with Gasteiger partial charge in [-0.25, -0.2) is 4.21 Å². The van der Waals surface area contributed by atoms with Gasteiger partial charge in [-0.3, -0.25) is 0 Å². The summed E-state index contributed by atoms with van der Waals surface area (Å²) in [4.78, 5) is 0.396.